The van der Waals surface area contributed by atoms with Crippen molar-refractivity contribution in [2.24, 2.45) is 0 Å². The van der Waals surface area contributed by atoms with Crippen LogP contribution in [0, 0.1) is 0 Å². The third kappa shape index (κ3) is 47.6. The molecule has 83 heavy (non-hydrogen) atoms. The van der Waals surface area contributed by atoms with E-state index in [1.165, 1.54) is 238 Å². The molecule has 1 fully saturated rings. The normalized spacial score (nSPS) is 18.7. The first-order valence-corrected chi connectivity index (χ1v) is 35.8. The van der Waals surface area contributed by atoms with E-state index in [0.717, 1.165) is 64.2 Å². The van der Waals surface area contributed by atoms with Gasteiger partial charge in [0, 0.05) is 6.42 Å². The number of rotatable bonds is 62. The molecular weight excluding hydrogens is 1040 g/mol. The van der Waals surface area contributed by atoms with Gasteiger partial charge in [0.05, 0.1) is 25.4 Å². The van der Waals surface area contributed by atoms with Gasteiger partial charge in [0.15, 0.2) is 12.4 Å². The molecule has 0 aromatic carbocycles. The van der Waals surface area contributed by atoms with Gasteiger partial charge in [-0.1, -0.05) is 320 Å². The molecule has 0 aromatic heterocycles. The van der Waals surface area contributed by atoms with Crippen molar-refractivity contribution in [3.63, 3.8) is 0 Å². The number of unbranched alkanes of at least 4 members (excludes halogenated alkanes) is 44. The van der Waals surface area contributed by atoms with E-state index < -0.39 is 67.4 Å². The molecule has 0 bridgehead atoms. The Labute approximate surface area is 511 Å². The topological polar surface area (TPSA) is 175 Å². The summed E-state index contributed by atoms with van der Waals surface area (Å²) in [4.78, 5) is 26.7. The second-order valence-corrected chi connectivity index (χ2v) is 25.0. The lowest BCUT2D eigenvalue weighted by Gasteiger charge is -2.41. The average Bonchev–Trinajstić information content (AvgIpc) is 3.69. The van der Waals surface area contributed by atoms with Gasteiger partial charge in [-0.05, 0) is 57.8 Å². The number of hydrogen-bond donors (Lipinski definition) is 6. The minimum atomic E-state index is -1.61. The Morgan fingerprint density at radius 3 is 1.25 bits per heavy atom. The van der Waals surface area contributed by atoms with Gasteiger partial charge in [0.25, 0.3) is 0 Å². The van der Waals surface area contributed by atoms with Crippen LogP contribution in [0.1, 0.15) is 348 Å². The van der Waals surface area contributed by atoms with Gasteiger partial charge >= 0.3 is 5.97 Å². The highest BCUT2D eigenvalue weighted by Crippen LogP contribution is 2.26. The fourth-order valence-corrected chi connectivity index (χ4v) is 11.4. The van der Waals surface area contributed by atoms with Gasteiger partial charge in [0.1, 0.15) is 24.4 Å². The zero-order valence-corrected chi connectivity index (χ0v) is 54.3. The summed E-state index contributed by atoms with van der Waals surface area (Å²) in [5.41, 5.74) is 0. The fraction of sp³-hybridized carbons (Fsp3) is 0.889. The van der Waals surface area contributed by atoms with Crippen molar-refractivity contribution in [2.45, 2.75) is 397 Å². The first-order valence-electron chi connectivity index (χ1n) is 35.8. The largest absolute Gasteiger partial charge is 0.454 e. The number of allylic oxidation sites excluding steroid dienone is 5. The first-order chi connectivity index (χ1) is 40.7. The molecule has 1 saturated heterocycles. The molecule has 0 aliphatic carbocycles. The van der Waals surface area contributed by atoms with E-state index >= 15 is 0 Å². The van der Waals surface area contributed by atoms with Gasteiger partial charge in [-0.25, -0.2) is 0 Å². The van der Waals surface area contributed by atoms with Gasteiger partial charge < -0.3 is 45.1 Å². The Bertz CT molecular complexity index is 1490. The minimum Gasteiger partial charge on any atom is -0.454 e. The predicted molar refractivity (Wildman–Crippen MR) is 347 cm³/mol. The van der Waals surface area contributed by atoms with Crippen molar-refractivity contribution in [2.75, 3.05) is 13.2 Å². The highest BCUT2D eigenvalue weighted by atomic mass is 16.7. The molecule has 1 heterocycles. The van der Waals surface area contributed by atoms with Crippen molar-refractivity contribution >= 4 is 11.9 Å². The van der Waals surface area contributed by atoms with E-state index in [4.69, 9.17) is 14.2 Å². The molecular formula is C72H135NO10. The predicted octanol–water partition coefficient (Wildman–Crippen LogP) is 18.2. The van der Waals surface area contributed by atoms with Crippen LogP contribution in [0.4, 0.5) is 0 Å². The number of esters is 1. The second kappa shape index (κ2) is 60.2. The second-order valence-electron chi connectivity index (χ2n) is 25.0. The van der Waals surface area contributed by atoms with Crippen molar-refractivity contribution in [3.05, 3.63) is 36.5 Å². The number of nitrogens with one attached hydrogen (secondary N) is 1. The average molecular weight is 1170 g/mol. The summed E-state index contributed by atoms with van der Waals surface area (Å²) in [6, 6.07) is -1.02. The Morgan fingerprint density at radius 2 is 0.831 bits per heavy atom. The third-order valence-corrected chi connectivity index (χ3v) is 17.0. The van der Waals surface area contributed by atoms with Crippen LogP contribution in [-0.4, -0.2) is 99.6 Å². The number of amides is 1. The molecule has 1 aliphatic rings. The van der Waals surface area contributed by atoms with Crippen LogP contribution in [0.2, 0.25) is 0 Å². The summed E-state index contributed by atoms with van der Waals surface area (Å²) in [5.74, 6) is -1.18. The molecule has 6 N–H and O–H groups in total. The Kier molecular flexibility index (Phi) is 57.2. The maximum atomic E-state index is 13.5. The quantitative estimate of drug-likeness (QED) is 0.0195. The zero-order valence-electron chi connectivity index (χ0n) is 54.3. The van der Waals surface area contributed by atoms with Crippen LogP contribution in [0.15, 0.2) is 36.5 Å². The van der Waals surface area contributed by atoms with E-state index in [-0.39, 0.29) is 13.0 Å². The van der Waals surface area contributed by atoms with Crippen molar-refractivity contribution in [1.82, 2.24) is 5.32 Å². The monoisotopic (exact) mass is 1170 g/mol. The number of aliphatic hydroxyl groups excluding tert-OH is 5. The minimum absolute atomic E-state index is 0.124. The standard InChI is InChI=1S/C72H135NO10/c1-4-7-10-13-16-19-22-24-26-28-30-32-34-35-37-39-41-44-47-50-53-56-59-65(76)71(80)73-63(64(75)58-55-52-49-46-43-21-18-15-12-9-6-3)62-81-72-70(69(79)68(78)66(61-74)82-72)83-67(77)60-57-54-51-48-45-42-40-38-36-33-31-29-27-25-23-20-17-14-11-8-5-2/h17,20,25,27,55,58,63-66,68-70,72,74-76,78-79H,4-16,18-19,21-24,26,28-54,56-57,59-62H2,1-3H3,(H,73,80)/b20-17-,27-25-,58-55+. The van der Waals surface area contributed by atoms with Gasteiger partial charge in [-0.3, -0.25) is 9.59 Å². The van der Waals surface area contributed by atoms with Crippen LogP contribution < -0.4 is 5.32 Å². The van der Waals surface area contributed by atoms with E-state index in [9.17, 15) is 35.1 Å². The summed E-state index contributed by atoms with van der Waals surface area (Å²) in [6.07, 6.45) is 63.3. The number of ether oxygens (including phenoxy) is 3. The summed E-state index contributed by atoms with van der Waals surface area (Å²) >= 11 is 0. The highest BCUT2D eigenvalue weighted by molar-refractivity contribution is 5.80. The Hall–Kier alpha value is -2.12. The van der Waals surface area contributed by atoms with Crippen molar-refractivity contribution in [3.8, 4) is 0 Å². The molecule has 8 atom stereocenters. The van der Waals surface area contributed by atoms with E-state index in [2.05, 4.69) is 50.4 Å². The number of hydrogen-bond acceptors (Lipinski definition) is 10. The van der Waals surface area contributed by atoms with Crippen LogP contribution in [-0.2, 0) is 23.8 Å². The van der Waals surface area contributed by atoms with Gasteiger partial charge in [-0.15, -0.1) is 0 Å². The summed E-state index contributed by atoms with van der Waals surface area (Å²) < 4.78 is 17.7. The molecule has 0 saturated carbocycles. The van der Waals surface area contributed by atoms with Crippen LogP contribution in [0.5, 0.6) is 0 Å². The van der Waals surface area contributed by atoms with Crippen molar-refractivity contribution in [1.29, 1.82) is 0 Å². The van der Waals surface area contributed by atoms with Crippen molar-refractivity contribution < 1.29 is 49.3 Å². The Morgan fingerprint density at radius 1 is 0.470 bits per heavy atom. The lowest BCUT2D eigenvalue weighted by atomic mass is 9.99. The SMILES string of the molecule is CCCCC/C=C\C/C=C\CCCCCCCCCCCCCC(=O)OC1C(OCC(NC(=O)C(O)CCCCCCCCCCCCCCCCCCCCCCCC)C(O)/C=C/CCCCCCCCCCC)OC(CO)C(O)C1O. The molecule has 1 aliphatic heterocycles. The first kappa shape index (κ1) is 78.9. The number of aliphatic hydroxyl groups is 5. The number of carbonyl (C=O) groups is 2. The van der Waals surface area contributed by atoms with E-state index in [0.29, 0.717) is 19.3 Å². The van der Waals surface area contributed by atoms with Crippen LogP contribution in [0.3, 0.4) is 0 Å². The fourth-order valence-electron chi connectivity index (χ4n) is 11.4. The van der Waals surface area contributed by atoms with Gasteiger partial charge in [-0.2, -0.15) is 0 Å². The summed E-state index contributed by atoms with van der Waals surface area (Å²) in [6.45, 7) is 5.81. The van der Waals surface area contributed by atoms with Crippen LogP contribution in [0.25, 0.3) is 0 Å². The summed E-state index contributed by atoms with van der Waals surface area (Å²) in [5, 5.41) is 57.2. The maximum absolute atomic E-state index is 13.5. The molecule has 11 nitrogen and oxygen atoms in total. The molecule has 8 unspecified atom stereocenters. The third-order valence-electron chi connectivity index (χ3n) is 17.0. The molecule has 488 valence electrons. The molecule has 11 heteroatoms. The lowest BCUT2D eigenvalue weighted by Crippen LogP contribution is -2.61. The van der Waals surface area contributed by atoms with Gasteiger partial charge in [0.2, 0.25) is 5.91 Å². The van der Waals surface area contributed by atoms with E-state index in [1.807, 2.05) is 6.08 Å². The zero-order chi connectivity index (χ0) is 60.3. The summed E-state index contributed by atoms with van der Waals surface area (Å²) in [7, 11) is 0. The molecule has 0 aromatic rings. The highest BCUT2D eigenvalue weighted by Gasteiger charge is 2.47. The smallest absolute Gasteiger partial charge is 0.306 e. The molecule has 1 amide bonds. The maximum Gasteiger partial charge on any atom is 0.306 e. The molecule has 0 spiro atoms. The van der Waals surface area contributed by atoms with E-state index in [1.54, 1.807) is 6.08 Å². The number of carbonyl (C=O) groups excluding carboxylic acids is 2. The lowest BCUT2D eigenvalue weighted by molar-refractivity contribution is -0.305. The molecule has 0 radical (unpaired) electrons. The Balaban J connectivity index is 2.55. The van der Waals surface area contributed by atoms with Crippen LogP contribution >= 0.6 is 0 Å². The molecule has 1 rings (SSSR count).